The Morgan fingerprint density at radius 1 is 1.07 bits per heavy atom. The molecule has 0 fully saturated rings. The second kappa shape index (κ2) is 8.15. The first kappa shape index (κ1) is 19.9. The lowest BCUT2D eigenvalue weighted by molar-refractivity contribution is 0.516. The SMILES string of the molecule is CCCc1nc2c(N)nc3cc(CCc4ccc(C)s4)ccc3c2n1CC(C)C. The Morgan fingerprint density at radius 3 is 2.59 bits per heavy atom. The van der Waals surface area contributed by atoms with Crippen molar-refractivity contribution in [3.05, 3.63) is 51.5 Å². The van der Waals surface area contributed by atoms with Crippen LogP contribution in [0.4, 0.5) is 5.82 Å². The van der Waals surface area contributed by atoms with Crippen molar-refractivity contribution < 1.29 is 0 Å². The van der Waals surface area contributed by atoms with Crippen LogP contribution < -0.4 is 5.73 Å². The van der Waals surface area contributed by atoms with Crippen LogP contribution in [0.25, 0.3) is 21.9 Å². The van der Waals surface area contributed by atoms with Crippen molar-refractivity contribution in [2.24, 2.45) is 5.92 Å². The number of rotatable bonds is 7. The van der Waals surface area contributed by atoms with Crippen LogP contribution >= 0.6 is 11.3 Å². The van der Waals surface area contributed by atoms with Crippen LogP contribution in [0.15, 0.2) is 30.3 Å². The zero-order valence-electron chi connectivity index (χ0n) is 17.8. The predicted octanol–water partition coefficient (Wildman–Crippen LogP) is 5.93. The molecule has 4 aromatic rings. The molecule has 0 unspecified atom stereocenters. The van der Waals surface area contributed by atoms with Gasteiger partial charge in [0.1, 0.15) is 11.3 Å². The van der Waals surface area contributed by atoms with Gasteiger partial charge in [-0.2, -0.15) is 0 Å². The van der Waals surface area contributed by atoms with Gasteiger partial charge in [-0.15, -0.1) is 11.3 Å². The van der Waals surface area contributed by atoms with Crippen molar-refractivity contribution in [1.29, 1.82) is 0 Å². The summed E-state index contributed by atoms with van der Waals surface area (Å²) in [6.07, 6.45) is 4.11. The molecule has 3 aromatic heterocycles. The summed E-state index contributed by atoms with van der Waals surface area (Å²) in [6.45, 7) is 9.80. The van der Waals surface area contributed by atoms with Crippen molar-refractivity contribution in [3.8, 4) is 0 Å². The highest BCUT2D eigenvalue weighted by Crippen LogP contribution is 2.31. The third-order valence-electron chi connectivity index (χ3n) is 5.32. The summed E-state index contributed by atoms with van der Waals surface area (Å²) < 4.78 is 2.37. The molecule has 0 aliphatic rings. The van der Waals surface area contributed by atoms with Crippen LogP contribution in [0, 0.1) is 12.8 Å². The molecule has 1 aromatic carbocycles. The Hall–Kier alpha value is -2.40. The Labute approximate surface area is 176 Å². The third kappa shape index (κ3) is 4.01. The highest BCUT2D eigenvalue weighted by atomic mass is 32.1. The molecule has 0 aliphatic carbocycles. The van der Waals surface area contributed by atoms with E-state index in [1.807, 2.05) is 11.3 Å². The first-order valence-electron chi connectivity index (χ1n) is 10.6. The first-order chi connectivity index (χ1) is 14.0. The second-order valence-electron chi connectivity index (χ2n) is 8.34. The average Bonchev–Trinajstić information content (AvgIpc) is 3.24. The van der Waals surface area contributed by atoms with Crippen molar-refractivity contribution in [2.75, 3.05) is 5.73 Å². The number of anilines is 1. The largest absolute Gasteiger partial charge is 0.382 e. The maximum absolute atomic E-state index is 6.36. The number of nitrogens with zero attached hydrogens (tertiary/aromatic N) is 3. The monoisotopic (exact) mass is 406 g/mol. The number of nitrogens with two attached hydrogens (primary N) is 1. The quantitative estimate of drug-likeness (QED) is 0.414. The van der Waals surface area contributed by atoms with E-state index in [1.54, 1.807) is 0 Å². The minimum Gasteiger partial charge on any atom is -0.382 e. The highest BCUT2D eigenvalue weighted by molar-refractivity contribution is 7.11. The molecule has 0 atom stereocenters. The van der Waals surface area contributed by atoms with Gasteiger partial charge in [-0.05, 0) is 55.9 Å². The van der Waals surface area contributed by atoms with E-state index in [-0.39, 0.29) is 0 Å². The van der Waals surface area contributed by atoms with Crippen LogP contribution in [0.5, 0.6) is 0 Å². The van der Waals surface area contributed by atoms with Gasteiger partial charge in [0, 0.05) is 28.1 Å². The number of nitrogen functional groups attached to an aromatic ring is 1. The number of hydrogen-bond donors (Lipinski definition) is 1. The van der Waals surface area contributed by atoms with Gasteiger partial charge in [0.2, 0.25) is 0 Å². The van der Waals surface area contributed by atoms with Gasteiger partial charge < -0.3 is 10.3 Å². The molecule has 0 amide bonds. The van der Waals surface area contributed by atoms with E-state index in [0.717, 1.165) is 60.0 Å². The molecule has 29 heavy (non-hydrogen) atoms. The Balaban J connectivity index is 1.77. The van der Waals surface area contributed by atoms with Crippen LogP contribution in [-0.2, 0) is 25.8 Å². The molecule has 3 heterocycles. The number of thiophene rings is 1. The highest BCUT2D eigenvalue weighted by Gasteiger charge is 2.18. The topological polar surface area (TPSA) is 56.7 Å². The lowest BCUT2D eigenvalue weighted by Crippen LogP contribution is -2.09. The van der Waals surface area contributed by atoms with Crippen molar-refractivity contribution in [3.63, 3.8) is 0 Å². The summed E-state index contributed by atoms with van der Waals surface area (Å²) in [4.78, 5) is 12.4. The number of imidazole rings is 1. The minimum atomic E-state index is 0.540. The molecule has 0 saturated heterocycles. The van der Waals surface area contributed by atoms with E-state index in [0.29, 0.717) is 11.7 Å². The van der Waals surface area contributed by atoms with Gasteiger partial charge >= 0.3 is 0 Å². The maximum Gasteiger partial charge on any atom is 0.152 e. The lowest BCUT2D eigenvalue weighted by Gasteiger charge is -2.13. The van der Waals surface area contributed by atoms with Crippen molar-refractivity contribution >= 4 is 39.1 Å². The average molecular weight is 407 g/mol. The number of aromatic nitrogens is 3. The van der Waals surface area contributed by atoms with Crippen LogP contribution in [-0.4, -0.2) is 14.5 Å². The molecule has 0 radical (unpaired) electrons. The smallest absolute Gasteiger partial charge is 0.152 e. The van der Waals surface area contributed by atoms with Crippen molar-refractivity contribution in [1.82, 2.24) is 14.5 Å². The third-order valence-corrected chi connectivity index (χ3v) is 6.39. The Bertz CT molecular complexity index is 1150. The Kier molecular flexibility index (Phi) is 5.59. The fraction of sp³-hybridized carbons (Fsp3) is 0.417. The maximum atomic E-state index is 6.36. The lowest BCUT2D eigenvalue weighted by atomic mass is 10.1. The zero-order valence-corrected chi connectivity index (χ0v) is 18.6. The fourth-order valence-electron chi connectivity index (χ4n) is 4.02. The number of pyridine rings is 1. The molecule has 4 rings (SSSR count). The predicted molar refractivity (Wildman–Crippen MR) is 125 cm³/mol. The van der Waals surface area contributed by atoms with E-state index < -0.39 is 0 Å². The summed E-state index contributed by atoms with van der Waals surface area (Å²) in [7, 11) is 0. The van der Waals surface area contributed by atoms with Gasteiger partial charge in [-0.3, -0.25) is 0 Å². The molecular weight excluding hydrogens is 376 g/mol. The summed E-state index contributed by atoms with van der Waals surface area (Å²) in [5, 5.41) is 1.15. The molecule has 2 N–H and O–H groups in total. The standard InChI is InChI=1S/C24H30N4S/c1-5-6-21-27-22-23(28(21)14-15(2)3)19-12-9-17(13-20(19)26-24(22)25)8-11-18-10-7-16(4)29-18/h7,9-10,12-13,15H,5-6,8,11,14H2,1-4H3,(H2,25,26). The number of aryl methyl sites for hydroxylation is 4. The Morgan fingerprint density at radius 2 is 1.90 bits per heavy atom. The van der Waals surface area contributed by atoms with Crippen LogP contribution in [0.1, 0.15) is 48.3 Å². The zero-order chi connectivity index (χ0) is 20.5. The molecule has 0 bridgehead atoms. The summed E-state index contributed by atoms with van der Waals surface area (Å²) >= 11 is 1.88. The number of benzene rings is 1. The minimum absolute atomic E-state index is 0.540. The van der Waals surface area contributed by atoms with Gasteiger partial charge in [-0.1, -0.05) is 32.9 Å². The van der Waals surface area contributed by atoms with Crippen LogP contribution in [0.3, 0.4) is 0 Å². The summed E-state index contributed by atoms with van der Waals surface area (Å²) in [5.74, 6) is 2.20. The van der Waals surface area contributed by atoms with Gasteiger partial charge in [0.05, 0.1) is 11.0 Å². The van der Waals surface area contributed by atoms with E-state index in [1.165, 1.54) is 15.3 Å². The van der Waals surface area contributed by atoms with Crippen LogP contribution in [0.2, 0.25) is 0 Å². The first-order valence-corrected chi connectivity index (χ1v) is 11.4. The normalized spacial score (nSPS) is 11.9. The molecule has 0 aliphatic heterocycles. The summed E-state index contributed by atoms with van der Waals surface area (Å²) in [6, 6.07) is 11.1. The van der Waals surface area contributed by atoms with Gasteiger partial charge in [-0.25, -0.2) is 9.97 Å². The molecule has 4 nitrogen and oxygen atoms in total. The summed E-state index contributed by atoms with van der Waals surface area (Å²) in [5.41, 5.74) is 10.6. The molecule has 152 valence electrons. The molecule has 0 spiro atoms. The number of fused-ring (bicyclic) bond motifs is 3. The van der Waals surface area contributed by atoms with E-state index in [2.05, 4.69) is 62.6 Å². The molecule has 0 saturated carbocycles. The van der Waals surface area contributed by atoms with E-state index in [4.69, 9.17) is 15.7 Å². The van der Waals surface area contributed by atoms with Crippen molar-refractivity contribution in [2.45, 2.75) is 59.9 Å². The van der Waals surface area contributed by atoms with E-state index in [9.17, 15) is 0 Å². The van der Waals surface area contributed by atoms with Gasteiger partial charge in [0.15, 0.2) is 5.82 Å². The molecular formula is C24H30N4S. The fourth-order valence-corrected chi connectivity index (χ4v) is 4.91. The van der Waals surface area contributed by atoms with E-state index >= 15 is 0 Å². The molecule has 5 heteroatoms. The van der Waals surface area contributed by atoms with Gasteiger partial charge in [0.25, 0.3) is 0 Å². The number of hydrogen-bond acceptors (Lipinski definition) is 4. The second-order valence-corrected chi connectivity index (χ2v) is 9.71.